The zero-order valence-electron chi connectivity index (χ0n) is 9.39. The van der Waals surface area contributed by atoms with E-state index in [0.29, 0.717) is 0 Å². The molecular weight excluding hydrogens is 254 g/mol. The van der Waals surface area contributed by atoms with Gasteiger partial charge in [-0.3, -0.25) is 4.68 Å². The van der Waals surface area contributed by atoms with E-state index in [1.165, 1.54) is 29.4 Å². The number of aromatic nitrogens is 2. The summed E-state index contributed by atoms with van der Waals surface area (Å²) in [6.07, 6.45) is 5.02. The Morgan fingerprint density at radius 2 is 2.27 bits per heavy atom. The van der Waals surface area contributed by atoms with Crippen LogP contribution in [-0.4, -0.2) is 15.8 Å². The molecule has 2 rings (SSSR count). The molecule has 0 unspecified atom stereocenters. The molecule has 0 spiro atoms. The first-order valence-electron chi connectivity index (χ1n) is 5.66. The molecule has 4 heteroatoms. The van der Waals surface area contributed by atoms with Crippen molar-refractivity contribution >= 4 is 15.9 Å². The third kappa shape index (κ3) is 2.26. The zero-order chi connectivity index (χ0) is 10.8. The van der Waals surface area contributed by atoms with Crippen molar-refractivity contribution < 1.29 is 0 Å². The monoisotopic (exact) mass is 271 g/mol. The maximum absolute atomic E-state index is 4.48. The number of rotatable bonds is 4. The van der Waals surface area contributed by atoms with Gasteiger partial charge in [-0.25, -0.2) is 0 Å². The molecule has 1 aromatic heterocycles. The number of hydrogen-bond donors (Lipinski definition) is 1. The van der Waals surface area contributed by atoms with Gasteiger partial charge in [0, 0.05) is 19.6 Å². The number of halogens is 1. The Morgan fingerprint density at radius 1 is 1.53 bits per heavy atom. The van der Waals surface area contributed by atoms with Crippen molar-refractivity contribution in [2.45, 2.75) is 45.2 Å². The van der Waals surface area contributed by atoms with Crippen LogP contribution in [0.1, 0.15) is 37.6 Å². The lowest BCUT2D eigenvalue weighted by atomic mass is 9.93. The third-order valence-electron chi connectivity index (χ3n) is 3.17. The highest BCUT2D eigenvalue weighted by Gasteiger charge is 2.18. The summed E-state index contributed by atoms with van der Waals surface area (Å²) in [5.74, 6) is 0. The normalized spacial score (nSPS) is 16.7. The van der Waals surface area contributed by atoms with E-state index < -0.39 is 0 Å². The van der Waals surface area contributed by atoms with Crippen LogP contribution < -0.4 is 5.32 Å². The Hall–Kier alpha value is -0.350. The lowest BCUT2D eigenvalue weighted by molar-refractivity contribution is 0.334. The summed E-state index contributed by atoms with van der Waals surface area (Å²) in [7, 11) is 2.02. The van der Waals surface area contributed by atoms with Crippen molar-refractivity contribution in [1.29, 1.82) is 0 Å². The van der Waals surface area contributed by atoms with E-state index in [4.69, 9.17) is 0 Å². The fourth-order valence-electron chi connectivity index (χ4n) is 1.87. The number of nitrogens with one attached hydrogen (secondary N) is 1. The summed E-state index contributed by atoms with van der Waals surface area (Å²) >= 11 is 3.63. The molecule has 0 aliphatic heterocycles. The molecule has 1 heterocycles. The summed E-state index contributed by atoms with van der Waals surface area (Å²) in [5, 5.41) is 8.04. The minimum absolute atomic E-state index is 0.733. The zero-order valence-corrected chi connectivity index (χ0v) is 11.0. The molecule has 3 nitrogen and oxygen atoms in total. The first-order valence-corrected chi connectivity index (χ1v) is 6.45. The summed E-state index contributed by atoms with van der Waals surface area (Å²) in [4.78, 5) is 0. The summed E-state index contributed by atoms with van der Waals surface area (Å²) in [5.41, 5.74) is 2.42. The largest absolute Gasteiger partial charge is 0.308 e. The average Bonchev–Trinajstić information content (AvgIpc) is 2.42. The average molecular weight is 272 g/mol. The molecule has 0 radical (unpaired) electrons. The molecule has 1 aromatic rings. The highest BCUT2D eigenvalue weighted by atomic mass is 79.9. The first-order chi connectivity index (χ1) is 7.22. The van der Waals surface area contributed by atoms with Gasteiger partial charge < -0.3 is 5.32 Å². The molecule has 1 saturated carbocycles. The van der Waals surface area contributed by atoms with Gasteiger partial charge in [-0.2, -0.15) is 5.10 Å². The van der Waals surface area contributed by atoms with Crippen LogP contribution >= 0.6 is 15.9 Å². The number of aryl methyl sites for hydroxylation is 2. The molecule has 1 fully saturated rings. The molecule has 1 aliphatic carbocycles. The smallest absolute Gasteiger partial charge is 0.0767 e. The van der Waals surface area contributed by atoms with Crippen molar-refractivity contribution in [3.8, 4) is 0 Å². The standard InChI is InChI=1S/C11H18BrN3/c1-3-9-11(12)10(15(2)14-9)7-13-8-5-4-6-8/h8,13H,3-7H2,1-2H3. The minimum Gasteiger partial charge on any atom is -0.308 e. The van der Waals surface area contributed by atoms with E-state index in [1.54, 1.807) is 0 Å². The van der Waals surface area contributed by atoms with E-state index in [2.05, 4.69) is 33.3 Å². The second-order valence-electron chi connectivity index (χ2n) is 4.19. The van der Waals surface area contributed by atoms with E-state index in [9.17, 15) is 0 Å². The topological polar surface area (TPSA) is 29.9 Å². The van der Waals surface area contributed by atoms with Crippen molar-refractivity contribution in [2.24, 2.45) is 7.05 Å². The molecule has 1 aliphatic rings. The van der Waals surface area contributed by atoms with Crippen molar-refractivity contribution in [3.05, 3.63) is 15.9 Å². The number of nitrogens with zero attached hydrogens (tertiary/aromatic N) is 2. The van der Waals surface area contributed by atoms with Crippen LogP contribution in [0.5, 0.6) is 0 Å². The van der Waals surface area contributed by atoms with Crippen molar-refractivity contribution in [1.82, 2.24) is 15.1 Å². The maximum Gasteiger partial charge on any atom is 0.0767 e. The SMILES string of the molecule is CCc1nn(C)c(CNC2CCC2)c1Br. The van der Waals surface area contributed by atoms with E-state index in [-0.39, 0.29) is 0 Å². The van der Waals surface area contributed by atoms with Crippen molar-refractivity contribution in [3.63, 3.8) is 0 Å². The minimum atomic E-state index is 0.733. The van der Waals surface area contributed by atoms with Crippen LogP contribution in [0.15, 0.2) is 4.47 Å². The molecule has 0 amide bonds. The van der Waals surface area contributed by atoms with Gasteiger partial charge in [-0.15, -0.1) is 0 Å². The third-order valence-corrected chi connectivity index (χ3v) is 4.08. The quantitative estimate of drug-likeness (QED) is 0.912. The van der Waals surface area contributed by atoms with Crippen LogP contribution in [0.2, 0.25) is 0 Å². The Labute approximate surface area is 99.4 Å². The van der Waals surface area contributed by atoms with Crippen molar-refractivity contribution in [2.75, 3.05) is 0 Å². The van der Waals surface area contributed by atoms with Crippen LogP contribution in [0, 0.1) is 0 Å². The summed E-state index contributed by atoms with van der Waals surface area (Å²) < 4.78 is 3.16. The molecule has 0 bridgehead atoms. The van der Waals surface area contributed by atoms with Crippen LogP contribution in [0.4, 0.5) is 0 Å². The van der Waals surface area contributed by atoms with Crippen LogP contribution in [0.3, 0.4) is 0 Å². The van der Waals surface area contributed by atoms with Gasteiger partial charge in [-0.1, -0.05) is 13.3 Å². The first kappa shape index (κ1) is 11.1. The predicted molar refractivity (Wildman–Crippen MR) is 64.8 cm³/mol. The van der Waals surface area contributed by atoms with Gasteiger partial charge >= 0.3 is 0 Å². The highest BCUT2D eigenvalue weighted by molar-refractivity contribution is 9.10. The lowest BCUT2D eigenvalue weighted by Crippen LogP contribution is -2.35. The Morgan fingerprint density at radius 3 is 2.73 bits per heavy atom. The molecule has 0 atom stereocenters. The van der Waals surface area contributed by atoms with Gasteiger partial charge in [0.1, 0.15) is 0 Å². The summed E-state index contributed by atoms with van der Waals surface area (Å²) in [6.45, 7) is 3.06. The van der Waals surface area contributed by atoms with Gasteiger partial charge in [0.05, 0.1) is 15.9 Å². The number of hydrogen-bond acceptors (Lipinski definition) is 2. The molecular formula is C11H18BrN3. The molecule has 0 aromatic carbocycles. The van der Waals surface area contributed by atoms with Crippen LogP contribution in [-0.2, 0) is 20.0 Å². The van der Waals surface area contributed by atoms with E-state index >= 15 is 0 Å². The van der Waals surface area contributed by atoms with E-state index in [1.807, 2.05) is 11.7 Å². The van der Waals surface area contributed by atoms with E-state index in [0.717, 1.165) is 24.7 Å². The Bertz CT molecular complexity index is 342. The highest BCUT2D eigenvalue weighted by Crippen LogP contribution is 2.23. The lowest BCUT2D eigenvalue weighted by Gasteiger charge is -2.26. The second-order valence-corrected chi connectivity index (χ2v) is 4.99. The molecule has 1 N–H and O–H groups in total. The van der Waals surface area contributed by atoms with Gasteiger partial charge in [0.25, 0.3) is 0 Å². The molecule has 15 heavy (non-hydrogen) atoms. The predicted octanol–water partition coefficient (Wildman–Crippen LogP) is 2.39. The summed E-state index contributed by atoms with van der Waals surface area (Å²) in [6, 6.07) is 0.733. The van der Waals surface area contributed by atoms with Crippen LogP contribution in [0.25, 0.3) is 0 Å². The van der Waals surface area contributed by atoms with Gasteiger partial charge in [0.2, 0.25) is 0 Å². The van der Waals surface area contributed by atoms with Gasteiger partial charge in [-0.05, 0) is 35.2 Å². The second kappa shape index (κ2) is 4.66. The fraction of sp³-hybridized carbons (Fsp3) is 0.727. The fourth-order valence-corrected chi connectivity index (χ4v) is 2.62. The maximum atomic E-state index is 4.48. The molecule has 0 saturated heterocycles. The molecule has 84 valence electrons. The van der Waals surface area contributed by atoms with Gasteiger partial charge in [0.15, 0.2) is 0 Å². The Kier molecular flexibility index (Phi) is 3.46. The Balaban J connectivity index is 2.02.